The monoisotopic (exact) mass is 735 g/mol. The van der Waals surface area contributed by atoms with Crippen molar-refractivity contribution < 1.29 is 38.2 Å². The minimum atomic E-state index is -1.27. The van der Waals surface area contributed by atoms with Crippen LogP contribution in [0.15, 0.2) is 60.7 Å². The van der Waals surface area contributed by atoms with E-state index in [0.717, 1.165) is 5.56 Å². The van der Waals surface area contributed by atoms with Gasteiger partial charge in [-0.3, -0.25) is 19.2 Å². The second-order valence-corrected chi connectivity index (χ2v) is 16.8. The van der Waals surface area contributed by atoms with E-state index in [1.165, 1.54) is 34.7 Å². The molecule has 0 aliphatic rings. The molecule has 0 unspecified atom stereocenters. The van der Waals surface area contributed by atoms with Crippen LogP contribution in [0.25, 0.3) is 0 Å². The summed E-state index contributed by atoms with van der Waals surface area (Å²) < 4.78 is 10.1. The average molecular weight is 736 g/mol. The number of nitrogens with one attached hydrogen (secondary N) is 4. The molecule has 0 fully saturated rings. The summed E-state index contributed by atoms with van der Waals surface area (Å²) in [6.07, 6.45) is -1.25. The first kappa shape index (κ1) is 41.3. The molecule has 13 nitrogen and oxygen atoms in total. The highest BCUT2D eigenvalue weighted by Gasteiger charge is 2.31. The number of carbonyl (C=O) groups is 6. The molecule has 0 heterocycles. The molecule has 0 saturated carbocycles. The molecule has 16 heteroatoms. The molecule has 268 valence electrons. The summed E-state index contributed by atoms with van der Waals surface area (Å²) in [5.41, 5.74) is 6.74. The summed E-state index contributed by atoms with van der Waals surface area (Å²) in [4.78, 5) is 76.7. The molecule has 5 amide bonds. The highest BCUT2D eigenvalue weighted by atomic mass is 33.5. The molecule has 2 aromatic rings. The van der Waals surface area contributed by atoms with Crippen molar-refractivity contribution in [1.29, 1.82) is 0 Å². The van der Waals surface area contributed by atoms with Crippen LogP contribution in [-0.4, -0.2) is 77.5 Å². The van der Waals surface area contributed by atoms with Gasteiger partial charge in [0.2, 0.25) is 23.6 Å². The van der Waals surface area contributed by atoms with Crippen molar-refractivity contribution in [3.8, 4) is 0 Å². The van der Waals surface area contributed by atoms with Gasteiger partial charge in [0.1, 0.15) is 30.8 Å². The highest BCUT2D eigenvalue weighted by Crippen LogP contribution is 2.43. The fourth-order valence-corrected chi connectivity index (χ4v) is 8.77. The van der Waals surface area contributed by atoms with Crippen LogP contribution in [0, 0.1) is 0 Å². The molecular weight excluding hydrogens is 691 g/mol. The van der Waals surface area contributed by atoms with E-state index in [0.29, 0.717) is 5.56 Å². The Hall–Kier alpha value is -3.89. The molecule has 0 aliphatic carbocycles. The minimum absolute atomic E-state index is 0.00419. The van der Waals surface area contributed by atoms with Crippen LogP contribution in [0.4, 0.5) is 4.79 Å². The van der Waals surface area contributed by atoms with Gasteiger partial charge in [-0.05, 0) is 34.3 Å². The Morgan fingerprint density at radius 2 is 1.35 bits per heavy atom. The van der Waals surface area contributed by atoms with Crippen molar-refractivity contribution in [1.82, 2.24) is 21.3 Å². The number of methoxy groups -OCH3 is 1. The van der Waals surface area contributed by atoms with E-state index < -0.39 is 59.9 Å². The number of nitrogens with two attached hydrogens (primary N) is 1. The number of amides is 5. The topological polar surface area (TPSA) is 195 Å². The minimum Gasteiger partial charge on any atom is -0.467 e. The smallest absolute Gasteiger partial charge is 0.408 e. The zero-order valence-electron chi connectivity index (χ0n) is 28.2. The van der Waals surface area contributed by atoms with Gasteiger partial charge in [-0.25, -0.2) is 9.59 Å². The Labute approximate surface area is 298 Å². The standard InChI is InChI=1S/C33H45N5O8S3/c1-21(28(40)37-26(31(43)45-5)20-47-49-48-33(2,3)4)35-30(42)25(18-22-12-8-6-9-13-22)36-29(41)24(16-17-27(34)39)38-32(44)46-19-23-14-10-7-11-15-23/h6-15,21,24-26H,16-20H2,1-5H3,(H2,34,39)(H,35,42)(H,36,41)(H,37,40)(H,38,44)/t21-,24-,25-,26-/m0/s1. The highest BCUT2D eigenvalue weighted by molar-refractivity contribution is 9.09. The maximum Gasteiger partial charge on any atom is 0.408 e. The van der Waals surface area contributed by atoms with Crippen LogP contribution < -0.4 is 27.0 Å². The van der Waals surface area contributed by atoms with Gasteiger partial charge >= 0.3 is 12.1 Å². The Kier molecular flexibility index (Phi) is 17.9. The van der Waals surface area contributed by atoms with E-state index in [4.69, 9.17) is 15.2 Å². The third kappa shape index (κ3) is 16.9. The molecule has 0 radical (unpaired) electrons. The lowest BCUT2D eigenvalue weighted by Gasteiger charge is -2.25. The Bertz CT molecular complexity index is 1400. The summed E-state index contributed by atoms with van der Waals surface area (Å²) >= 11 is 0. The zero-order valence-corrected chi connectivity index (χ0v) is 30.6. The van der Waals surface area contributed by atoms with Crippen molar-refractivity contribution in [3.63, 3.8) is 0 Å². The predicted octanol–water partition coefficient (Wildman–Crippen LogP) is 3.27. The van der Waals surface area contributed by atoms with Crippen LogP contribution >= 0.6 is 31.4 Å². The van der Waals surface area contributed by atoms with E-state index in [-0.39, 0.29) is 36.4 Å². The van der Waals surface area contributed by atoms with Gasteiger partial charge < -0.3 is 36.5 Å². The lowest BCUT2D eigenvalue weighted by molar-refractivity contribution is -0.144. The first-order chi connectivity index (χ1) is 23.2. The molecule has 49 heavy (non-hydrogen) atoms. The van der Waals surface area contributed by atoms with Crippen molar-refractivity contribution in [3.05, 3.63) is 71.8 Å². The van der Waals surface area contributed by atoms with Crippen LogP contribution in [0.3, 0.4) is 0 Å². The van der Waals surface area contributed by atoms with Gasteiger partial charge in [0.25, 0.3) is 0 Å². The number of esters is 1. The van der Waals surface area contributed by atoms with E-state index in [1.54, 1.807) is 65.4 Å². The molecular formula is C33H45N5O8S3. The largest absolute Gasteiger partial charge is 0.467 e. The Morgan fingerprint density at radius 1 is 0.776 bits per heavy atom. The first-order valence-corrected chi connectivity index (χ1v) is 19.1. The Balaban J connectivity index is 2.14. The molecule has 0 bridgehead atoms. The normalized spacial score (nSPS) is 13.5. The van der Waals surface area contributed by atoms with Gasteiger partial charge in [-0.15, -0.1) is 0 Å². The van der Waals surface area contributed by atoms with Crippen molar-refractivity contribution in [2.75, 3.05) is 12.9 Å². The Morgan fingerprint density at radius 3 is 1.92 bits per heavy atom. The number of hydrogen-bond acceptors (Lipinski definition) is 11. The van der Waals surface area contributed by atoms with Crippen LogP contribution in [0.1, 0.15) is 51.7 Å². The molecule has 0 aromatic heterocycles. The van der Waals surface area contributed by atoms with Crippen LogP contribution in [-0.2, 0) is 46.5 Å². The number of ether oxygens (including phenoxy) is 2. The third-order valence-electron chi connectivity index (χ3n) is 6.54. The fourth-order valence-electron chi connectivity index (χ4n) is 4.00. The summed E-state index contributed by atoms with van der Waals surface area (Å²) in [6, 6.07) is 13.2. The maximum absolute atomic E-state index is 13.6. The molecule has 0 saturated heterocycles. The second-order valence-electron chi connectivity index (χ2n) is 11.9. The van der Waals surface area contributed by atoms with Crippen molar-refractivity contribution in [2.24, 2.45) is 5.73 Å². The summed E-state index contributed by atoms with van der Waals surface area (Å²) in [5, 5.41) is 10.3. The summed E-state index contributed by atoms with van der Waals surface area (Å²) in [6.45, 7) is 7.56. The van der Waals surface area contributed by atoms with E-state index in [1.807, 2.05) is 6.07 Å². The fraction of sp³-hybridized carbons (Fsp3) is 0.455. The predicted molar refractivity (Wildman–Crippen MR) is 193 cm³/mol. The van der Waals surface area contributed by atoms with E-state index >= 15 is 0 Å². The SMILES string of the molecule is COC(=O)[C@H](CSSSC(C)(C)C)NC(=O)[C@H](C)NC(=O)[C@H](Cc1ccccc1)NC(=O)[C@H](CCC(N)=O)NC(=O)OCc1ccccc1. The van der Waals surface area contributed by atoms with Gasteiger partial charge in [0, 0.05) is 23.3 Å². The lowest BCUT2D eigenvalue weighted by atomic mass is 10.0. The molecule has 6 N–H and O–H groups in total. The van der Waals surface area contributed by atoms with Crippen LogP contribution in [0.5, 0.6) is 0 Å². The number of hydrogen-bond donors (Lipinski definition) is 5. The maximum atomic E-state index is 13.6. The van der Waals surface area contributed by atoms with Crippen LogP contribution in [0.2, 0.25) is 0 Å². The zero-order chi connectivity index (χ0) is 36.4. The number of benzene rings is 2. The number of primary amides is 1. The average Bonchev–Trinajstić information content (AvgIpc) is 3.06. The molecule has 2 aromatic carbocycles. The third-order valence-corrected chi connectivity index (χ3v) is 11.6. The van der Waals surface area contributed by atoms with Gasteiger partial charge in [-0.1, -0.05) is 103 Å². The van der Waals surface area contributed by atoms with E-state index in [2.05, 4.69) is 42.0 Å². The molecule has 0 spiro atoms. The number of rotatable bonds is 19. The number of carbonyl (C=O) groups excluding carboxylic acids is 6. The molecule has 0 aliphatic heterocycles. The van der Waals surface area contributed by atoms with Gasteiger partial charge in [0.05, 0.1) is 7.11 Å². The van der Waals surface area contributed by atoms with E-state index in [9.17, 15) is 28.8 Å². The lowest BCUT2D eigenvalue weighted by Crippen LogP contribution is -2.58. The summed E-state index contributed by atoms with van der Waals surface area (Å²) in [5.74, 6) is -3.18. The van der Waals surface area contributed by atoms with Crippen molar-refractivity contribution >= 4 is 67.1 Å². The quantitative estimate of drug-likeness (QED) is 0.0808. The molecule has 4 atom stereocenters. The molecule has 2 rings (SSSR count). The summed E-state index contributed by atoms with van der Waals surface area (Å²) in [7, 11) is 5.72. The van der Waals surface area contributed by atoms with Crippen molar-refractivity contribution in [2.45, 2.75) is 82.5 Å². The second kappa shape index (κ2) is 21.3. The van der Waals surface area contributed by atoms with Gasteiger partial charge in [0.15, 0.2) is 0 Å². The van der Waals surface area contributed by atoms with Gasteiger partial charge in [-0.2, -0.15) is 0 Å². The first-order valence-electron chi connectivity index (χ1n) is 15.4. The number of alkyl carbamates (subject to hydrolysis) is 1.